The van der Waals surface area contributed by atoms with Gasteiger partial charge in [0.1, 0.15) is 11.6 Å². The first kappa shape index (κ1) is 17.1. The topological polar surface area (TPSA) is 50.4 Å². The highest BCUT2D eigenvalue weighted by Crippen LogP contribution is 2.17. The molecule has 1 fully saturated rings. The van der Waals surface area contributed by atoms with E-state index in [1.807, 2.05) is 0 Å². The average molecular weight is 395 g/mol. The van der Waals surface area contributed by atoms with Crippen LogP contribution in [-0.4, -0.2) is 12.0 Å². The molecule has 112 valence electrons. The Labute approximate surface area is 135 Å². The quantitative estimate of drug-likeness (QED) is 0.469. The van der Waals surface area contributed by atoms with Crippen LogP contribution in [0.25, 0.3) is 0 Å². The number of hydrogen-bond acceptors (Lipinski definition) is 1. The molecule has 1 aliphatic carbocycles. The van der Waals surface area contributed by atoms with E-state index in [1.165, 1.54) is 19.3 Å². The number of nitrogens with zero attached hydrogens (tertiary/aromatic N) is 1. The summed E-state index contributed by atoms with van der Waals surface area (Å²) in [6.07, 6.45) is 5.84. The minimum Gasteiger partial charge on any atom is -0.370 e. The first-order valence-electron chi connectivity index (χ1n) is 6.65. The molecule has 0 saturated heterocycles. The van der Waals surface area contributed by atoms with Crippen molar-refractivity contribution in [3.63, 3.8) is 0 Å². The zero-order valence-electron chi connectivity index (χ0n) is 11.2. The number of benzene rings is 1. The van der Waals surface area contributed by atoms with Crippen LogP contribution in [0.15, 0.2) is 23.2 Å². The SMILES string of the molecule is I.NC(=NCc1cc(F)ccc1F)NC1CCCCC1. The average Bonchev–Trinajstić information content (AvgIpc) is 2.41. The molecule has 6 heteroatoms. The second-order valence-electron chi connectivity index (χ2n) is 4.92. The summed E-state index contributed by atoms with van der Waals surface area (Å²) in [5.74, 6) is -0.628. The Morgan fingerprint density at radius 1 is 1.25 bits per heavy atom. The molecule has 0 spiro atoms. The minimum absolute atomic E-state index is 0. The zero-order chi connectivity index (χ0) is 13.7. The summed E-state index contributed by atoms with van der Waals surface area (Å²) in [7, 11) is 0. The van der Waals surface area contributed by atoms with E-state index in [9.17, 15) is 8.78 Å². The summed E-state index contributed by atoms with van der Waals surface area (Å²) in [6.45, 7) is 0.0507. The van der Waals surface area contributed by atoms with Crippen LogP contribution in [0.2, 0.25) is 0 Å². The molecule has 0 atom stereocenters. The van der Waals surface area contributed by atoms with E-state index < -0.39 is 11.6 Å². The number of nitrogens with one attached hydrogen (secondary N) is 1. The van der Waals surface area contributed by atoms with Gasteiger partial charge in [0.15, 0.2) is 5.96 Å². The highest BCUT2D eigenvalue weighted by atomic mass is 127. The Kier molecular flexibility index (Phi) is 7.18. The van der Waals surface area contributed by atoms with Crippen LogP contribution in [0, 0.1) is 11.6 Å². The van der Waals surface area contributed by atoms with Crippen molar-refractivity contribution in [3.05, 3.63) is 35.4 Å². The monoisotopic (exact) mass is 395 g/mol. The van der Waals surface area contributed by atoms with Gasteiger partial charge >= 0.3 is 0 Å². The lowest BCUT2D eigenvalue weighted by Crippen LogP contribution is -2.41. The molecule has 2 rings (SSSR count). The molecule has 1 aliphatic rings. The van der Waals surface area contributed by atoms with Crippen molar-refractivity contribution in [2.45, 2.75) is 44.7 Å². The van der Waals surface area contributed by atoms with E-state index in [1.54, 1.807) is 0 Å². The van der Waals surface area contributed by atoms with Gasteiger partial charge in [0.25, 0.3) is 0 Å². The van der Waals surface area contributed by atoms with E-state index in [0.29, 0.717) is 12.0 Å². The summed E-state index contributed by atoms with van der Waals surface area (Å²) >= 11 is 0. The van der Waals surface area contributed by atoms with Gasteiger partial charge in [-0.3, -0.25) is 0 Å². The van der Waals surface area contributed by atoms with Gasteiger partial charge in [0.05, 0.1) is 6.54 Å². The summed E-state index contributed by atoms with van der Waals surface area (Å²) in [5.41, 5.74) is 5.98. The molecule has 0 heterocycles. The highest BCUT2D eigenvalue weighted by molar-refractivity contribution is 14.0. The molecular weight excluding hydrogens is 375 g/mol. The normalized spacial score (nSPS) is 16.6. The van der Waals surface area contributed by atoms with Crippen molar-refractivity contribution in [1.82, 2.24) is 5.32 Å². The van der Waals surface area contributed by atoms with Gasteiger partial charge in [-0.2, -0.15) is 0 Å². The number of guanidine groups is 1. The van der Waals surface area contributed by atoms with E-state index in [2.05, 4.69) is 10.3 Å². The Balaban J connectivity index is 0.00000200. The first-order chi connectivity index (χ1) is 9.15. The van der Waals surface area contributed by atoms with Crippen LogP contribution < -0.4 is 11.1 Å². The van der Waals surface area contributed by atoms with Gasteiger partial charge < -0.3 is 11.1 Å². The van der Waals surface area contributed by atoms with Gasteiger partial charge in [-0.15, -0.1) is 24.0 Å². The van der Waals surface area contributed by atoms with Gasteiger partial charge in [0.2, 0.25) is 0 Å². The second kappa shape index (κ2) is 8.39. The van der Waals surface area contributed by atoms with Crippen LogP contribution in [0.4, 0.5) is 8.78 Å². The van der Waals surface area contributed by atoms with Crippen LogP contribution >= 0.6 is 24.0 Å². The standard InChI is InChI=1S/C14H19F2N3.HI/c15-11-6-7-13(16)10(8-11)9-18-14(17)19-12-4-2-1-3-5-12;/h6-8,12H,1-5,9H2,(H3,17,18,19);1H. The van der Waals surface area contributed by atoms with E-state index in [4.69, 9.17) is 5.73 Å². The van der Waals surface area contributed by atoms with Gasteiger partial charge in [-0.25, -0.2) is 13.8 Å². The van der Waals surface area contributed by atoms with Crippen LogP contribution in [0.3, 0.4) is 0 Å². The predicted molar refractivity (Wildman–Crippen MR) is 87.1 cm³/mol. The molecule has 1 aromatic rings. The molecule has 0 unspecified atom stereocenters. The Bertz CT molecular complexity index is 460. The molecule has 3 nitrogen and oxygen atoms in total. The van der Waals surface area contributed by atoms with Crippen LogP contribution in [0.1, 0.15) is 37.7 Å². The maximum Gasteiger partial charge on any atom is 0.189 e. The van der Waals surface area contributed by atoms with Gasteiger partial charge in [-0.1, -0.05) is 19.3 Å². The summed E-state index contributed by atoms with van der Waals surface area (Å²) in [4.78, 5) is 4.07. The Morgan fingerprint density at radius 3 is 2.65 bits per heavy atom. The number of rotatable bonds is 3. The molecular formula is C14H20F2IN3. The van der Waals surface area contributed by atoms with Gasteiger partial charge in [0, 0.05) is 11.6 Å². The Hall–Kier alpha value is -0.920. The number of hydrogen-bond donors (Lipinski definition) is 2. The third-order valence-electron chi connectivity index (χ3n) is 3.38. The number of halogens is 3. The Morgan fingerprint density at radius 2 is 1.95 bits per heavy atom. The largest absolute Gasteiger partial charge is 0.370 e. The molecule has 20 heavy (non-hydrogen) atoms. The maximum atomic E-state index is 13.4. The van der Waals surface area contributed by atoms with Crippen molar-refractivity contribution in [1.29, 1.82) is 0 Å². The number of nitrogens with two attached hydrogens (primary N) is 1. The first-order valence-corrected chi connectivity index (χ1v) is 6.65. The van der Waals surface area contributed by atoms with Crippen LogP contribution in [0.5, 0.6) is 0 Å². The predicted octanol–water partition coefficient (Wildman–Crippen LogP) is 3.32. The minimum atomic E-state index is -0.467. The van der Waals surface area contributed by atoms with Crippen molar-refractivity contribution in [2.24, 2.45) is 10.7 Å². The highest BCUT2D eigenvalue weighted by Gasteiger charge is 2.13. The third-order valence-corrected chi connectivity index (χ3v) is 3.38. The lowest BCUT2D eigenvalue weighted by atomic mass is 9.96. The van der Waals surface area contributed by atoms with Crippen molar-refractivity contribution < 1.29 is 8.78 Å². The molecule has 0 amide bonds. The van der Waals surface area contributed by atoms with E-state index >= 15 is 0 Å². The molecule has 0 aliphatic heterocycles. The summed E-state index contributed by atoms with van der Waals surface area (Å²) < 4.78 is 26.4. The fourth-order valence-corrected chi connectivity index (χ4v) is 2.34. The maximum absolute atomic E-state index is 13.4. The zero-order valence-corrected chi connectivity index (χ0v) is 13.6. The van der Waals surface area contributed by atoms with Crippen molar-refractivity contribution in [3.8, 4) is 0 Å². The fraction of sp³-hybridized carbons (Fsp3) is 0.500. The molecule has 0 bridgehead atoms. The van der Waals surface area contributed by atoms with Crippen LogP contribution in [-0.2, 0) is 6.54 Å². The van der Waals surface area contributed by atoms with E-state index in [0.717, 1.165) is 31.0 Å². The molecule has 1 saturated carbocycles. The lowest BCUT2D eigenvalue weighted by molar-refractivity contribution is 0.412. The molecule has 1 aromatic carbocycles. The molecule has 0 aromatic heterocycles. The molecule has 3 N–H and O–H groups in total. The summed E-state index contributed by atoms with van der Waals surface area (Å²) in [6, 6.07) is 3.69. The molecule has 0 radical (unpaired) electrons. The van der Waals surface area contributed by atoms with E-state index in [-0.39, 0.29) is 36.1 Å². The summed E-state index contributed by atoms with van der Waals surface area (Å²) in [5, 5.41) is 3.13. The fourth-order valence-electron chi connectivity index (χ4n) is 2.34. The van der Waals surface area contributed by atoms with Crippen molar-refractivity contribution >= 4 is 29.9 Å². The smallest absolute Gasteiger partial charge is 0.189 e. The van der Waals surface area contributed by atoms with Crippen molar-refractivity contribution in [2.75, 3.05) is 0 Å². The third kappa shape index (κ3) is 5.22. The van der Waals surface area contributed by atoms with Gasteiger partial charge in [-0.05, 0) is 31.0 Å². The number of aliphatic imine (C=N–C) groups is 1. The lowest BCUT2D eigenvalue weighted by Gasteiger charge is -2.23. The second-order valence-corrected chi connectivity index (χ2v) is 4.92.